The van der Waals surface area contributed by atoms with Gasteiger partial charge >= 0.3 is 0 Å². The van der Waals surface area contributed by atoms with E-state index in [9.17, 15) is 4.79 Å². The number of amides is 1. The van der Waals surface area contributed by atoms with Crippen LogP contribution in [0.2, 0.25) is 0 Å². The van der Waals surface area contributed by atoms with Crippen LogP contribution < -0.4 is 10.1 Å². The Kier molecular flexibility index (Phi) is 4.04. The first-order chi connectivity index (χ1) is 8.69. The molecule has 5 heteroatoms. The Morgan fingerprint density at radius 2 is 2.11 bits per heavy atom. The number of carbonyl (C=O) groups is 1. The Balaban J connectivity index is 1.92. The van der Waals surface area contributed by atoms with Crippen LogP contribution in [0.1, 0.15) is 16.1 Å². The molecule has 0 aliphatic carbocycles. The van der Waals surface area contributed by atoms with E-state index in [1.165, 1.54) is 0 Å². The maximum atomic E-state index is 11.8. The van der Waals surface area contributed by atoms with Gasteiger partial charge in [0.25, 0.3) is 5.91 Å². The fourth-order valence-corrected chi connectivity index (χ4v) is 1.86. The first-order valence-electron chi connectivity index (χ1n) is 5.44. The minimum absolute atomic E-state index is 0.128. The van der Waals surface area contributed by atoms with E-state index >= 15 is 0 Å². The number of carbonyl (C=O) groups excluding carboxylic acids is 1. The Hall–Kier alpha value is -1.75. The summed E-state index contributed by atoms with van der Waals surface area (Å²) in [5, 5.41) is 2.83. The molecule has 0 radical (unpaired) electrons. The molecule has 0 aliphatic heterocycles. The van der Waals surface area contributed by atoms with Gasteiger partial charge in [0, 0.05) is 17.2 Å². The molecule has 0 unspecified atom stereocenters. The summed E-state index contributed by atoms with van der Waals surface area (Å²) < 4.78 is 5.93. The van der Waals surface area contributed by atoms with Crippen molar-refractivity contribution in [1.82, 2.24) is 10.3 Å². The predicted octanol–water partition coefficient (Wildman–Crippen LogP) is 2.72. The maximum absolute atomic E-state index is 11.8. The second-order valence-electron chi connectivity index (χ2n) is 3.76. The Labute approximate surface area is 113 Å². The molecule has 1 aromatic heterocycles. The van der Waals surface area contributed by atoms with Crippen molar-refractivity contribution in [1.29, 1.82) is 0 Å². The number of ether oxygens (including phenoxy) is 1. The van der Waals surface area contributed by atoms with Crippen molar-refractivity contribution >= 4 is 21.8 Å². The lowest BCUT2D eigenvalue weighted by molar-refractivity contribution is 0.0946. The van der Waals surface area contributed by atoms with Crippen molar-refractivity contribution in [3.05, 3.63) is 52.3 Å². The van der Waals surface area contributed by atoms with Crippen molar-refractivity contribution in [2.75, 3.05) is 7.11 Å². The van der Waals surface area contributed by atoms with E-state index in [1.807, 2.05) is 24.3 Å². The van der Waals surface area contributed by atoms with Crippen LogP contribution in [-0.2, 0) is 6.54 Å². The average molecular weight is 309 g/mol. The molecule has 0 fully saturated rings. The van der Waals surface area contributed by atoms with Crippen molar-refractivity contribution < 1.29 is 9.53 Å². The smallest absolute Gasteiger partial charge is 0.267 e. The van der Waals surface area contributed by atoms with E-state index in [1.54, 1.807) is 19.4 Å². The van der Waals surface area contributed by atoms with Gasteiger partial charge in [0.2, 0.25) is 0 Å². The third-order valence-electron chi connectivity index (χ3n) is 2.50. The SMILES string of the molecule is COc1ccc(CNC(=O)c2cc(Br)c[nH]2)cc1. The summed E-state index contributed by atoms with van der Waals surface area (Å²) >= 11 is 3.29. The number of aromatic amines is 1. The highest BCUT2D eigenvalue weighted by Crippen LogP contribution is 2.12. The maximum Gasteiger partial charge on any atom is 0.267 e. The fraction of sp³-hybridized carbons (Fsp3) is 0.154. The lowest BCUT2D eigenvalue weighted by Gasteiger charge is -2.05. The summed E-state index contributed by atoms with van der Waals surface area (Å²) in [6.07, 6.45) is 1.72. The molecule has 0 bridgehead atoms. The molecule has 0 aliphatic rings. The highest BCUT2D eigenvalue weighted by atomic mass is 79.9. The minimum Gasteiger partial charge on any atom is -0.497 e. The first kappa shape index (κ1) is 12.7. The Morgan fingerprint density at radius 3 is 2.67 bits per heavy atom. The number of H-pyrrole nitrogens is 1. The van der Waals surface area contributed by atoms with E-state index in [4.69, 9.17) is 4.74 Å². The first-order valence-corrected chi connectivity index (χ1v) is 6.23. The molecular weight excluding hydrogens is 296 g/mol. The molecule has 94 valence electrons. The van der Waals surface area contributed by atoms with Crippen LogP contribution in [0, 0.1) is 0 Å². The van der Waals surface area contributed by atoms with Crippen LogP contribution >= 0.6 is 15.9 Å². The van der Waals surface area contributed by atoms with E-state index < -0.39 is 0 Å². The van der Waals surface area contributed by atoms with Gasteiger partial charge in [-0.05, 0) is 39.7 Å². The summed E-state index contributed by atoms with van der Waals surface area (Å²) in [6.45, 7) is 0.486. The molecule has 18 heavy (non-hydrogen) atoms. The molecule has 2 rings (SSSR count). The second kappa shape index (κ2) is 5.73. The van der Waals surface area contributed by atoms with Gasteiger partial charge in [-0.15, -0.1) is 0 Å². The van der Waals surface area contributed by atoms with Crippen molar-refractivity contribution in [3.63, 3.8) is 0 Å². The number of benzene rings is 1. The van der Waals surface area contributed by atoms with Crippen molar-refractivity contribution in [2.45, 2.75) is 6.54 Å². The zero-order chi connectivity index (χ0) is 13.0. The second-order valence-corrected chi connectivity index (χ2v) is 4.68. The highest BCUT2D eigenvalue weighted by molar-refractivity contribution is 9.10. The van der Waals surface area contributed by atoms with Gasteiger partial charge in [-0.25, -0.2) is 0 Å². The number of rotatable bonds is 4. The number of nitrogens with one attached hydrogen (secondary N) is 2. The normalized spacial score (nSPS) is 10.1. The summed E-state index contributed by atoms with van der Waals surface area (Å²) in [4.78, 5) is 14.6. The quantitative estimate of drug-likeness (QED) is 0.912. The van der Waals surface area contributed by atoms with Crippen molar-refractivity contribution in [3.8, 4) is 5.75 Å². The number of methoxy groups -OCH3 is 1. The zero-order valence-corrected chi connectivity index (χ0v) is 11.5. The number of halogens is 1. The Bertz CT molecular complexity index is 534. The van der Waals surface area contributed by atoms with Crippen LogP contribution in [0.15, 0.2) is 41.0 Å². The summed E-state index contributed by atoms with van der Waals surface area (Å²) in [7, 11) is 1.62. The van der Waals surface area contributed by atoms with E-state index in [0.29, 0.717) is 12.2 Å². The molecule has 0 saturated carbocycles. The van der Waals surface area contributed by atoms with Gasteiger partial charge in [-0.3, -0.25) is 4.79 Å². The molecule has 4 nitrogen and oxygen atoms in total. The van der Waals surface area contributed by atoms with E-state index in [2.05, 4.69) is 26.2 Å². The van der Waals surface area contributed by atoms with Gasteiger partial charge in [-0.2, -0.15) is 0 Å². The number of aromatic nitrogens is 1. The molecule has 0 spiro atoms. The van der Waals surface area contributed by atoms with Crippen LogP contribution in [0.3, 0.4) is 0 Å². The molecule has 0 saturated heterocycles. The summed E-state index contributed by atoms with van der Waals surface area (Å²) in [5.74, 6) is 0.676. The van der Waals surface area contributed by atoms with Gasteiger partial charge in [-0.1, -0.05) is 12.1 Å². The van der Waals surface area contributed by atoms with E-state index in [-0.39, 0.29) is 5.91 Å². The Morgan fingerprint density at radius 1 is 1.39 bits per heavy atom. The zero-order valence-electron chi connectivity index (χ0n) is 9.87. The summed E-state index contributed by atoms with van der Waals surface area (Å²) in [5.41, 5.74) is 1.56. The summed E-state index contributed by atoms with van der Waals surface area (Å²) in [6, 6.07) is 9.32. The third-order valence-corrected chi connectivity index (χ3v) is 2.96. The lowest BCUT2D eigenvalue weighted by atomic mass is 10.2. The largest absolute Gasteiger partial charge is 0.497 e. The van der Waals surface area contributed by atoms with Crippen LogP contribution in [0.4, 0.5) is 0 Å². The average Bonchev–Trinajstić information content (AvgIpc) is 2.83. The molecular formula is C13H13BrN2O2. The number of hydrogen-bond donors (Lipinski definition) is 2. The lowest BCUT2D eigenvalue weighted by Crippen LogP contribution is -2.22. The monoisotopic (exact) mass is 308 g/mol. The molecule has 0 atom stereocenters. The molecule has 2 aromatic rings. The fourth-order valence-electron chi connectivity index (χ4n) is 1.52. The van der Waals surface area contributed by atoms with Gasteiger partial charge in [0.1, 0.15) is 11.4 Å². The minimum atomic E-state index is -0.128. The topological polar surface area (TPSA) is 54.1 Å². The third kappa shape index (κ3) is 3.13. The van der Waals surface area contributed by atoms with Gasteiger partial charge in [0.15, 0.2) is 0 Å². The molecule has 1 heterocycles. The predicted molar refractivity (Wildman–Crippen MR) is 72.7 cm³/mol. The molecule has 1 amide bonds. The van der Waals surface area contributed by atoms with E-state index in [0.717, 1.165) is 15.8 Å². The molecule has 2 N–H and O–H groups in total. The standard InChI is InChI=1S/C13H13BrN2O2/c1-18-11-4-2-9(3-5-11)7-16-13(17)12-6-10(14)8-15-12/h2-6,8,15H,7H2,1H3,(H,16,17). The number of hydrogen-bond acceptors (Lipinski definition) is 2. The van der Waals surface area contributed by atoms with Crippen LogP contribution in [0.5, 0.6) is 5.75 Å². The van der Waals surface area contributed by atoms with Crippen LogP contribution in [-0.4, -0.2) is 18.0 Å². The van der Waals surface area contributed by atoms with Gasteiger partial charge in [0.05, 0.1) is 7.11 Å². The van der Waals surface area contributed by atoms with Crippen molar-refractivity contribution in [2.24, 2.45) is 0 Å². The van der Waals surface area contributed by atoms with Crippen LogP contribution in [0.25, 0.3) is 0 Å². The van der Waals surface area contributed by atoms with Gasteiger partial charge < -0.3 is 15.0 Å². The highest BCUT2D eigenvalue weighted by Gasteiger charge is 2.07. The molecule has 1 aromatic carbocycles.